The summed E-state index contributed by atoms with van der Waals surface area (Å²) in [6.07, 6.45) is 3.69. The first kappa shape index (κ1) is 10.1. The van der Waals surface area contributed by atoms with Gasteiger partial charge in [-0.1, -0.05) is 18.2 Å². The van der Waals surface area contributed by atoms with Crippen LogP contribution < -0.4 is 0 Å². The van der Waals surface area contributed by atoms with E-state index in [4.69, 9.17) is 0 Å². The van der Waals surface area contributed by atoms with Gasteiger partial charge in [0.2, 0.25) is 0 Å². The molecule has 0 aliphatic rings. The first-order valence-electron chi connectivity index (χ1n) is 4.79. The molecule has 2 rings (SSSR count). The van der Waals surface area contributed by atoms with Crippen LogP contribution in [0.5, 0.6) is 0 Å². The Hall–Kier alpha value is -1.48. The van der Waals surface area contributed by atoms with Gasteiger partial charge in [0, 0.05) is 29.6 Å². The summed E-state index contributed by atoms with van der Waals surface area (Å²) in [6.45, 7) is 1.93. The van der Waals surface area contributed by atoms with Crippen LogP contribution in [0.2, 0.25) is 0 Å². The maximum Gasteiger partial charge on any atom is 0.0899 e. The molecule has 3 heteroatoms. The number of rotatable bonds is 2. The second-order valence-corrected chi connectivity index (χ2v) is 4.17. The molecule has 1 heterocycles. The quantitative estimate of drug-likeness (QED) is 0.684. The van der Waals surface area contributed by atoms with Crippen molar-refractivity contribution in [3.05, 3.63) is 29.1 Å². The van der Waals surface area contributed by atoms with Crippen molar-refractivity contribution < 1.29 is 0 Å². The molecular formula is C12H12N2S. The summed E-state index contributed by atoms with van der Waals surface area (Å²) in [6, 6.07) is 8.30. The average molecular weight is 216 g/mol. The van der Waals surface area contributed by atoms with Crippen molar-refractivity contribution >= 4 is 39.5 Å². The van der Waals surface area contributed by atoms with E-state index in [-0.39, 0.29) is 0 Å². The van der Waals surface area contributed by atoms with E-state index in [1.54, 1.807) is 18.4 Å². The third kappa shape index (κ3) is 1.83. The number of aliphatic imine (C=N–C) groups is 2. The summed E-state index contributed by atoms with van der Waals surface area (Å²) in [5.41, 5.74) is 1.03. The molecule has 15 heavy (non-hydrogen) atoms. The van der Waals surface area contributed by atoms with Crippen molar-refractivity contribution in [3.63, 3.8) is 0 Å². The first-order chi connectivity index (χ1) is 7.36. The van der Waals surface area contributed by atoms with Crippen LogP contribution in [0.4, 0.5) is 5.69 Å². The Morgan fingerprint density at radius 2 is 2.07 bits per heavy atom. The molecule has 0 aliphatic heterocycles. The molecule has 0 amide bonds. The standard InChI is InChI=1S/C12H12N2S/c1-3-14-12-9-6-4-5-7-10(9)15-11(12)8-13-2/h3-8H,1-2H3/b13-8-,14-3-. The molecule has 0 saturated heterocycles. The molecule has 0 atom stereocenters. The van der Waals surface area contributed by atoms with E-state index in [0.29, 0.717) is 0 Å². The molecule has 0 bridgehead atoms. The Balaban J connectivity index is 2.74. The van der Waals surface area contributed by atoms with Crippen LogP contribution in [0.25, 0.3) is 10.1 Å². The molecule has 0 spiro atoms. The molecule has 0 saturated carbocycles. The molecule has 0 N–H and O–H groups in total. The minimum atomic E-state index is 1.03. The van der Waals surface area contributed by atoms with E-state index in [1.165, 1.54) is 10.1 Å². The van der Waals surface area contributed by atoms with E-state index in [1.807, 2.05) is 31.5 Å². The highest BCUT2D eigenvalue weighted by atomic mass is 32.1. The van der Waals surface area contributed by atoms with Crippen molar-refractivity contribution in [1.82, 2.24) is 0 Å². The fraction of sp³-hybridized carbons (Fsp3) is 0.167. The Kier molecular flexibility index (Phi) is 2.92. The van der Waals surface area contributed by atoms with Crippen molar-refractivity contribution in [2.24, 2.45) is 9.98 Å². The highest BCUT2D eigenvalue weighted by molar-refractivity contribution is 7.21. The van der Waals surface area contributed by atoms with Gasteiger partial charge in [0.05, 0.1) is 10.6 Å². The molecule has 1 aromatic heterocycles. The predicted octanol–water partition coefficient (Wildman–Crippen LogP) is 3.67. The average Bonchev–Trinajstić information content (AvgIpc) is 2.59. The van der Waals surface area contributed by atoms with Gasteiger partial charge < -0.3 is 0 Å². The highest BCUT2D eigenvalue weighted by Gasteiger charge is 2.07. The number of fused-ring (bicyclic) bond motifs is 1. The van der Waals surface area contributed by atoms with Gasteiger partial charge >= 0.3 is 0 Å². The lowest BCUT2D eigenvalue weighted by molar-refractivity contribution is 1.47. The highest BCUT2D eigenvalue weighted by Crippen LogP contribution is 2.36. The van der Waals surface area contributed by atoms with Crippen molar-refractivity contribution in [2.75, 3.05) is 7.05 Å². The Bertz CT molecular complexity index is 523. The molecule has 0 aliphatic carbocycles. The van der Waals surface area contributed by atoms with Gasteiger partial charge in [-0.3, -0.25) is 9.98 Å². The lowest BCUT2D eigenvalue weighted by Crippen LogP contribution is -1.73. The number of benzene rings is 1. The van der Waals surface area contributed by atoms with Crippen LogP contribution in [0.1, 0.15) is 11.8 Å². The normalized spacial score (nSPS) is 12.1. The first-order valence-corrected chi connectivity index (χ1v) is 5.61. The van der Waals surface area contributed by atoms with Crippen molar-refractivity contribution in [1.29, 1.82) is 0 Å². The third-order valence-electron chi connectivity index (χ3n) is 2.10. The van der Waals surface area contributed by atoms with Gasteiger partial charge in [-0.25, -0.2) is 0 Å². The summed E-state index contributed by atoms with van der Waals surface area (Å²) in [4.78, 5) is 9.59. The Morgan fingerprint density at radius 1 is 1.27 bits per heavy atom. The topological polar surface area (TPSA) is 24.7 Å². The number of hydrogen-bond acceptors (Lipinski definition) is 3. The molecule has 2 nitrogen and oxygen atoms in total. The lowest BCUT2D eigenvalue weighted by Gasteiger charge is -1.91. The molecule has 0 radical (unpaired) electrons. The van der Waals surface area contributed by atoms with Gasteiger partial charge in [-0.05, 0) is 13.0 Å². The van der Waals surface area contributed by atoms with Crippen LogP contribution in [-0.2, 0) is 0 Å². The summed E-state index contributed by atoms with van der Waals surface area (Å²) >= 11 is 1.73. The lowest BCUT2D eigenvalue weighted by atomic mass is 10.2. The van der Waals surface area contributed by atoms with Crippen LogP contribution in [0, 0.1) is 0 Å². The summed E-state index contributed by atoms with van der Waals surface area (Å²) in [7, 11) is 1.78. The van der Waals surface area contributed by atoms with Crippen molar-refractivity contribution in [2.45, 2.75) is 6.92 Å². The predicted molar refractivity (Wildman–Crippen MR) is 69.2 cm³/mol. The maximum absolute atomic E-state index is 4.41. The molecule has 76 valence electrons. The van der Waals surface area contributed by atoms with E-state index in [9.17, 15) is 0 Å². The van der Waals surface area contributed by atoms with Crippen LogP contribution in [-0.4, -0.2) is 19.5 Å². The van der Waals surface area contributed by atoms with E-state index >= 15 is 0 Å². The van der Waals surface area contributed by atoms with E-state index < -0.39 is 0 Å². The van der Waals surface area contributed by atoms with Gasteiger partial charge in [0.25, 0.3) is 0 Å². The number of hydrogen-bond donors (Lipinski definition) is 0. The van der Waals surface area contributed by atoms with Gasteiger partial charge in [0.15, 0.2) is 0 Å². The maximum atomic E-state index is 4.41. The van der Waals surface area contributed by atoms with E-state index in [0.717, 1.165) is 10.6 Å². The number of thiophene rings is 1. The SMILES string of the molecule is C/C=N\c1c(/C=N\C)sc2ccccc12. The van der Waals surface area contributed by atoms with E-state index in [2.05, 4.69) is 22.1 Å². The smallest absolute Gasteiger partial charge is 0.0899 e. The molecule has 0 unspecified atom stereocenters. The van der Waals surface area contributed by atoms with Crippen molar-refractivity contribution in [3.8, 4) is 0 Å². The minimum absolute atomic E-state index is 1.03. The Morgan fingerprint density at radius 3 is 2.80 bits per heavy atom. The van der Waals surface area contributed by atoms with Crippen LogP contribution in [0.3, 0.4) is 0 Å². The molecule has 2 aromatic rings. The zero-order valence-corrected chi connectivity index (χ0v) is 9.58. The second kappa shape index (κ2) is 4.36. The monoisotopic (exact) mass is 216 g/mol. The zero-order valence-electron chi connectivity index (χ0n) is 8.77. The summed E-state index contributed by atoms with van der Waals surface area (Å²) in [5.74, 6) is 0. The largest absolute Gasteiger partial charge is 0.295 e. The molecular weight excluding hydrogens is 204 g/mol. The molecule has 0 fully saturated rings. The fourth-order valence-electron chi connectivity index (χ4n) is 1.52. The van der Waals surface area contributed by atoms with Crippen LogP contribution >= 0.6 is 11.3 Å². The van der Waals surface area contributed by atoms with Gasteiger partial charge in [-0.15, -0.1) is 11.3 Å². The molecule has 1 aromatic carbocycles. The van der Waals surface area contributed by atoms with Gasteiger partial charge in [0.1, 0.15) is 0 Å². The Labute approximate surface area is 93.0 Å². The summed E-state index contributed by atoms with van der Waals surface area (Å²) < 4.78 is 1.26. The van der Waals surface area contributed by atoms with Gasteiger partial charge in [-0.2, -0.15) is 0 Å². The second-order valence-electron chi connectivity index (χ2n) is 3.09. The third-order valence-corrected chi connectivity index (χ3v) is 3.19. The zero-order chi connectivity index (χ0) is 10.7. The van der Waals surface area contributed by atoms with Crippen LogP contribution in [0.15, 0.2) is 34.3 Å². The fourth-order valence-corrected chi connectivity index (χ4v) is 2.59. The summed E-state index contributed by atoms with van der Waals surface area (Å²) in [5, 5.41) is 1.20. The minimum Gasteiger partial charge on any atom is -0.295 e. The number of nitrogens with zero attached hydrogens (tertiary/aromatic N) is 2.